The Morgan fingerprint density at radius 1 is 1.00 bits per heavy atom. The molecule has 1 aromatic heterocycles. The molecular weight excluding hydrogens is 810 g/mol. The first-order valence-corrected chi connectivity index (χ1v) is 19.2. The van der Waals surface area contributed by atoms with E-state index in [1.807, 2.05) is 20.8 Å². The van der Waals surface area contributed by atoms with Crippen molar-refractivity contribution in [3.05, 3.63) is 77.1 Å². The number of nitrogens with one attached hydrogen (secondary N) is 1. The van der Waals surface area contributed by atoms with E-state index in [0.717, 1.165) is 0 Å². The fourth-order valence-corrected chi connectivity index (χ4v) is 6.53. The molecule has 0 bridgehead atoms. The maximum atomic E-state index is 12.9. The fourth-order valence-electron chi connectivity index (χ4n) is 5.15. The van der Waals surface area contributed by atoms with Gasteiger partial charge >= 0.3 is 65.1 Å². The van der Waals surface area contributed by atoms with Crippen molar-refractivity contribution in [3.63, 3.8) is 0 Å². The third-order valence-corrected chi connectivity index (χ3v) is 9.63. The van der Waals surface area contributed by atoms with Crippen molar-refractivity contribution in [2.75, 3.05) is 29.9 Å². The Morgan fingerprint density at radius 3 is 2.16 bits per heavy atom. The summed E-state index contributed by atoms with van der Waals surface area (Å²) in [5.41, 5.74) is 1.65. The summed E-state index contributed by atoms with van der Waals surface area (Å²) in [4.78, 5) is 35.6. The molecule has 56 heavy (non-hydrogen) atoms. The Labute approximate surface area is 372 Å². The van der Waals surface area contributed by atoms with Crippen molar-refractivity contribution in [1.29, 1.82) is 5.26 Å². The van der Waals surface area contributed by atoms with Gasteiger partial charge in [0.1, 0.15) is 32.5 Å². The molecule has 1 N–H and O–H groups in total. The molecule has 3 aromatic carbocycles. The number of anilines is 2. The predicted molar refractivity (Wildman–Crippen MR) is 195 cm³/mol. The second-order valence-corrected chi connectivity index (χ2v) is 15.9. The van der Waals surface area contributed by atoms with Crippen LogP contribution < -0.4 is 69.3 Å². The van der Waals surface area contributed by atoms with Crippen LogP contribution in [0.4, 0.5) is 17.1 Å². The van der Waals surface area contributed by atoms with Gasteiger partial charge in [0, 0.05) is 34.5 Å². The number of carbonyl (C=O) groups is 2. The Kier molecular flexibility index (Phi) is 15.8. The minimum atomic E-state index is -5.20. The number of nitrogens with zero attached hydrogens (tertiary/aromatic N) is 7. The summed E-state index contributed by atoms with van der Waals surface area (Å²) < 4.78 is 74.3. The van der Waals surface area contributed by atoms with E-state index in [2.05, 4.69) is 26.6 Å². The summed E-state index contributed by atoms with van der Waals surface area (Å²) >= 11 is 6.71. The molecule has 22 heteroatoms. The Bertz CT molecular complexity index is 2430. The van der Waals surface area contributed by atoms with Gasteiger partial charge < -0.3 is 24.1 Å². The van der Waals surface area contributed by atoms with Gasteiger partial charge in [-0.15, -0.1) is 9.89 Å². The molecule has 0 spiro atoms. The summed E-state index contributed by atoms with van der Waals surface area (Å²) in [7, 11) is -10.4. The van der Waals surface area contributed by atoms with Crippen molar-refractivity contribution in [2.24, 2.45) is 15.5 Å². The van der Waals surface area contributed by atoms with Crippen LogP contribution in [0.3, 0.4) is 0 Å². The predicted octanol–water partition coefficient (Wildman–Crippen LogP) is -1.67. The average Bonchev–Trinajstić information content (AvgIpc) is 3.66. The van der Waals surface area contributed by atoms with Crippen molar-refractivity contribution in [3.8, 4) is 17.5 Å². The van der Waals surface area contributed by atoms with Crippen molar-refractivity contribution >= 4 is 72.2 Å². The molecule has 282 valence electrons. The molecule has 2 heterocycles. The Balaban J connectivity index is 0.00000420. The number of esters is 1. The monoisotopic (exact) mass is 840 g/mol. The number of ether oxygens (including phenoxy) is 1. The molecule has 0 atom stereocenters. The largest absolute Gasteiger partial charge is 1.00 e. The summed E-state index contributed by atoms with van der Waals surface area (Å²) in [5, 5.41) is 21.0. The van der Waals surface area contributed by atoms with E-state index in [0.29, 0.717) is 52.4 Å². The van der Waals surface area contributed by atoms with Gasteiger partial charge in [0.25, 0.3) is 5.91 Å². The maximum Gasteiger partial charge on any atom is 1.00 e. The number of fused-ring (bicyclic) bond motifs is 1. The second-order valence-electron chi connectivity index (χ2n) is 12.7. The summed E-state index contributed by atoms with van der Waals surface area (Å²) in [6.07, 6.45) is 0.173. The van der Waals surface area contributed by atoms with Gasteiger partial charge in [-0.1, -0.05) is 32.4 Å². The van der Waals surface area contributed by atoms with E-state index < -0.39 is 52.9 Å². The number of aliphatic imine (C=N–C) groups is 1. The average molecular weight is 841 g/mol. The van der Waals surface area contributed by atoms with Crippen LogP contribution in [0.25, 0.3) is 11.4 Å². The van der Waals surface area contributed by atoms with Gasteiger partial charge in [-0.05, 0) is 67.6 Å². The van der Waals surface area contributed by atoms with E-state index in [1.165, 1.54) is 16.9 Å². The first-order chi connectivity index (χ1) is 25.3. The van der Waals surface area contributed by atoms with Crippen LogP contribution in [-0.4, -0.2) is 83.8 Å². The third-order valence-electron chi connectivity index (χ3n) is 7.70. The molecule has 17 nitrogen and oxygen atoms in total. The van der Waals surface area contributed by atoms with Crippen LogP contribution in [-0.2, 0) is 29.8 Å². The SMILES string of the molecule is CCOC(=O)CN(CCC#N)c1ccc(N=C2C(C(C)(C)C)=Nn3nc(-c4ccc(NC(=O)c5cc(S(=O)(=O)[O-])cc(S(=O)(=O)[O-])c5)cc4)nc32)c(Cl)c1.[Na+].[Na+]. The number of hydrogen-bond acceptors (Lipinski definition) is 15. The molecule has 4 aromatic rings. The number of rotatable bonds is 12. The normalized spacial score (nSPS) is 13.1. The van der Waals surface area contributed by atoms with Crippen LogP contribution in [0.2, 0.25) is 5.02 Å². The topological polar surface area (TPSA) is 252 Å². The van der Waals surface area contributed by atoms with Crippen molar-refractivity contribution < 1.29 is 99.4 Å². The van der Waals surface area contributed by atoms with E-state index in [1.54, 1.807) is 42.2 Å². The number of carbonyl (C=O) groups excluding carboxylic acids is 2. The number of nitriles is 1. The first-order valence-electron chi connectivity index (χ1n) is 16.0. The van der Waals surface area contributed by atoms with E-state index in [9.17, 15) is 35.5 Å². The van der Waals surface area contributed by atoms with Crippen LogP contribution in [0.5, 0.6) is 0 Å². The summed E-state index contributed by atoms with van der Waals surface area (Å²) in [6.45, 7) is 7.98. The van der Waals surface area contributed by atoms with Crippen LogP contribution >= 0.6 is 11.6 Å². The molecule has 5 rings (SSSR count). The number of aromatic nitrogens is 3. The molecule has 0 saturated heterocycles. The van der Waals surface area contributed by atoms with Gasteiger partial charge in [-0.2, -0.15) is 10.4 Å². The van der Waals surface area contributed by atoms with Crippen LogP contribution in [0, 0.1) is 16.7 Å². The number of amides is 1. The minimum absolute atomic E-state index is 0. The van der Waals surface area contributed by atoms with Gasteiger partial charge in [0.15, 0.2) is 5.82 Å². The molecule has 1 aliphatic heterocycles. The fraction of sp³-hybridized carbons (Fsp3) is 0.265. The zero-order valence-corrected chi connectivity index (χ0v) is 37.5. The molecule has 0 fully saturated rings. The Hall–Kier alpha value is -3.52. The quantitative estimate of drug-likeness (QED) is 0.0954. The van der Waals surface area contributed by atoms with Gasteiger partial charge in [0.05, 0.1) is 45.3 Å². The molecule has 1 aliphatic rings. The van der Waals surface area contributed by atoms with Crippen LogP contribution in [0.15, 0.2) is 80.5 Å². The first kappa shape index (κ1) is 46.9. The van der Waals surface area contributed by atoms with E-state index in [4.69, 9.17) is 26.6 Å². The molecule has 0 radical (unpaired) electrons. The Morgan fingerprint density at radius 2 is 1.62 bits per heavy atom. The number of halogens is 1. The molecule has 0 aliphatic carbocycles. The molecule has 1 amide bonds. The van der Waals surface area contributed by atoms with E-state index in [-0.39, 0.29) is 102 Å². The smallest absolute Gasteiger partial charge is 0.744 e. The summed E-state index contributed by atoms with van der Waals surface area (Å²) in [5.74, 6) is -0.857. The van der Waals surface area contributed by atoms with Crippen LogP contribution in [0.1, 0.15) is 50.3 Å². The van der Waals surface area contributed by atoms with Gasteiger partial charge in [0.2, 0.25) is 5.82 Å². The molecular formula is C34H31ClN8Na2O9S2. The molecule has 0 unspecified atom stereocenters. The second kappa shape index (κ2) is 18.8. The maximum absolute atomic E-state index is 12.9. The van der Waals surface area contributed by atoms with Crippen molar-refractivity contribution in [2.45, 2.75) is 43.9 Å². The zero-order chi connectivity index (χ0) is 39.6. The van der Waals surface area contributed by atoms with Crippen molar-refractivity contribution in [1.82, 2.24) is 14.9 Å². The minimum Gasteiger partial charge on any atom is -0.744 e. The van der Waals surface area contributed by atoms with Gasteiger partial charge in [-0.3, -0.25) is 9.59 Å². The van der Waals surface area contributed by atoms with Gasteiger partial charge in [-0.25, -0.2) is 26.8 Å². The summed E-state index contributed by atoms with van der Waals surface area (Å²) in [6, 6.07) is 14.9. The number of benzene rings is 3. The number of hydrogen-bond donors (Lipinski definition) is 1. The molecule has 0 saturated carbocycles. The van der Waals surface area contributed by atoms with E-state index >= 15 is 0 Å². The zero-order valence-electron chi connectivity index (χ0n) is 31.1. The standard InChI is InChI=1S/C34H33ClN8O9S2.2Na/c1-5-52-28(44)19-42(14-6-13-36)23-11-12-27(26(35)17-23)38-29-30(34(2,3)4)40-43-32(29)39-31(41-43)20-7-9-22(10-8-20)37-33(45)21-15-24(53(46,47)48)18-25(16-21)54(49,50)51;;/h7-12,15-18H,5-6,14,19H2,1-4H3,(H,37,45)(H,46,47,48)(H,49,50,51);;/q;2*+1/p-2. The third kappa shape index (κ3) is 11.3.